The van der Waals surface area contributed by atoms with Gasteiger partial charge in [-0.05, 0) is 58.5 Å². The molecule has 130 valence electrons. The van der Waals surface area contributed by atoms with Gasteiger partial charge in [0.25, 0.3) is 5.69 Å². The molecule has 0 aromatic heterocycles. The van der Waals surface area contributed by atoms with E-state index in [0.29, 0.717) is 5.69 Å². The van der Waals surface area contributed by atoms with Crippen LogP contribution < -0.4 is 10.4 Å². The highest BCUT2D eigenvalue weighted by Gasteiger charge is 2.51. The summed E-state index contributed by atoms with van der Waals surface area (Å²) in [6.45, 7) is 9.73. The van der Waals surface area contributed by atoms with Gasteiger partial charge in [-0.1, -0.05) is 6.07 Å². The van der Waals surface area contributed by atoms with Crippen molar-refractivity contribution in [3.05, 3.63) is 28.3 Å². The molecule has 0 atom stereocenters. The zero-order chi connectivity index (χ0) is 17.5. The van der Waals surface area contributed by atoms with Gasteiger partial charge in [-0.15, -0.1) is 0 Å². The van der Waals surface area contributed by atoms with E-state index in [2.05, 4.69) is 4.90 Å². The first-order valence-electron chi connectivity index (χ1n) is 8.60. The van der Waals surface area contributed by atoms with Crippen molar-refractivity contribution in [2.24, 2.45) is 0 Å². The Morgan fingerprint density at radius 1 is 1.08 bits per heavy atom. The van der Waals surface area contributed by atoms with E-state index in [-0.39, 0.29) is 10.6 Å². The number of rotatable bonds is 3. The van der Waals surface area contributed by atoms with Gasteiger partial charge in [0.15, 0.2) is 0 Å². The summed E-state index contributed by atoms with van der Waals surface area (Å²) in [4.78, 5) is 13.2. The van der Waals surface area contributed by atoms with Gasteiger partial charge < -0.3 is 14.2 Å². The second-order valence-corrected chi connectivity index (χ2v) is 7.64. The lowest BCUT2D eigenvalue weighted by atomic mass is 9.78. The molecule has 2 aliphatic heterocycles. The maximum atomic E-state index is 11.4. The smallest absolute Gasteiger partial charge is 0.399 e. The van der Waals surface area contributed by atoms with E-state index in [1.807, 2.05) is 33.8 Å². The lowest BCUT2D eigenvalue weighted by Crippen LogP contribution is -2.41. The first-order chi connectivity index (χ1) is 11.2. The highest BCUT2D eigenvalue weighted by atomic mass is 16.7. The van der Waals surface area contributed by atoms with Crippen LogP contribution in [0.4, 0.5) is 11.4 Å². The first-order valence-corrected chi connectivity index (χ1v) is 8.60. The van der Waals surface area contributed by atoms with Gasteiger partial charge in [0.2, 0.25) is 0 Å². The maximum Gasteiger partial charge on any atom is 0.494 e. The predicted molar refractivity (Wildman–Crippen MR) is 94.9 cm³/mol. The molecule has 0 N–H and O–H groups in total. The summed E-state index contributed by atoms with van der Waals surface area (Å²) < 4.78 is 12.2. The lowest BCUT2D eigenvalue weighted by Gasteiger charge is -2.32. The lowest BCUT2D eigenvalue weighted by molar-refractivity contribution is -0.384. The van der Waals surface area contributed by atoms with E-state index in [4.69, 9.17) is 9.31 Å². The average molecular weight is 332 g/mol. The molecule has 0 amide bonds. The molecule has 2 heterocycles. The summed E-state index contributed by atoms with van der Waals surface area (Å²) in [6, 6.07) is 5.18. The van der Waals surface area contributed by atoms with E-state index < -0.39 is 18.3 Å². The van der Waals surface area contributed by atoms with Crippen LogP contribution in [-0.2, 0) is 9.31 Å². The Morgan fingerprint density at radius 2 is 1.67 bits per heavy atom. The third kappa shape index (κ3) is 3.02. The van der Waals surface area contributed by atoms with Gasteiger partial charge in [0, 0.05) is 19.2 Å². The summed E-state index contributed by atoms with van der Waals surface area (Å²) in [7, 11) is -0.501. The minimum atomic E-state index is -0.501. The quantitative estimate of drug-likeness (QED) is 0.484. The fourth-order valence-corrected chi connectivity index (χ4v) is 3.21. The Morgan fingerprint density at radius 3 is 2.21 bits per heavy atom. The monoisotopic (exact) mass is 332 g/mol. The molecule has 3 rings (SSSR count). The summed E-state index contributed by atoms with van der Waals surface area (Å²) in [5.74, 6) is 0. The Balaban J connectivity index is 1.94. The van der Waals surface area contributed by atoms with Gasteiger partial charge in [-0.3, -0.25) is 10.1 Å². The molecule has 2 saturated heterocycles. The van der Waals surface area contributed by atoms with Crippen LogP contribution >= 0.6 is 0 Å². The van der Waals surface area contributed by atoms with E-state index >= 15 is 0 Å². The minimum Gasteiger partial charge on any atom is -0.399 e. The van der Waals surface area contributed by atoms with Gasteiger partial charge >= 0.3 is 7.12 Å². The third-order valence-corrected chi connectivity index (χ3v) is 5.42. The number of hydrogen-bond acceptors (Lipinski definition) is 5. The molecule has 0 bridgehead atoms. The minimum absolute atomic E-state index is 0.150. The Kier molecular flexibility index (Phi) is 4.34. The highest BCUT2D eigenvalue weighted by Crippen LogP contribution is 2.37. The van der Waals surface area contributed by atoms with Crippen LogP contribution in [0.3, 0.4) is 0 Å². The highest BCUT2D eigenvalue weighted by molar-refractivity contribution is 6.62. The summed E-state index contributed by atoms with van der Waals surface area (Å²) >= 11 is 0. The SMILES string of the molecule is CC1(C)OB(c2ccc([N+](=O)[O-])c(N3CCCCC3)c2)OC1(C)C. The van der Waals surface area contributed by atoms with Gasteiger partial charge in [0.05, 0.1) is 16.1 Å². The van der Waals surface area contributed by atoms with Gasteiger partial charge in [0.1, 0.15) is 5.69 Å². The zero-order valence-electron chi connectivity index (χ0n) is 14.9. The molecule has 2 aliphatic rings. The van der Waals surface area contributed by atoms with Crippen LogP contribution in [0, 0.1) is 10.1 Å². The number of nitro groups is 1. The molecular weight excluding hydrogens is 307 g/mol. The molecule has 2 fully saturated rings. The van der Waals surface area contributed by atoms with E-state index in [1.165, 1.54) is 6.42 Å². The van der Waals surface area contributed by atoms with Crippen LogP contribution in [-0.4, -0.2) is 36.3 Å². The zero-order valence-corrected chi connectivity index (χ0v) is 14.9. The van der Waals surface area contributed by atoms with Crippen molar-refractivity contribution < 1.29 is 14.2 Å². The van der Waals surface area contributed by atoms with Crippen molar-refractivity contribution >= 4 is 24.0 Å². The van der Waals surface area contributed by atoms with Crippen molar-refractivity contribution in [1.29, 1.82) is 0 Å². The number of piperidine rings is 1. The standard InChI is InChI=1S/C17H25BN2O4/c1-16(2)17(3,4)24-18(23-16)13-8-9-14(20(21)22)15(12-13)19-10-6-5-7-11-19/h8-9,12H,5-7,10-11H2,1-4H3. The van der Waals surface area contributed by atoms with Gasteiger partial charge in [-0.2, -0.15) is 0 Å². The molecule has 6 nitrogen and oxygen atoms in total. The third-order valence-electron chi connectivity index (χ3n) is 5.42. The van der Waals surface area contributed by atoms with Crippen molar-refractivity contribution in [3.63, 3.8) is 0 Å². The molecule has 0 radical (unpaired) electrons. The second kappa shape index (κ2) is 6.04. The average Bonchev–Trinajstić information content (AvgIpc) is 2.75. The summed E-state index contributed by atoms with van der Waals surface area (Å²) in [5, 5.41) is 11.4. The predicted octanol–water partition coefficient (Wildman–Crippen LogP) is 2.88. The van der Waals surface area contributed by atoms with Crippen LogP contribution in [0.1, 0.15) is 47.0 Å². The van der Waals surface area contributed by atoms with Crippen molar-refractivity contribution in [2.45, 2.75) is 58.2 Å². The summed E-state index contributed by atoms with van der Waals surface area (Å²) in [6.07, 6.45) is 3.32. The molecule has 1 aromatic carbocycles. The van der Waals surface area contributed by atoms with Crippen LogP contribution in [0.15, 0.2) is 18.2 Å². The Bertz CT molecular complexity index is 625. The fraction of sp³-hybridized carbons (Fsp3) is 0.647. The van der Waals surface area contributed by atoms with Crippen molar-refractivity contribution in [2.75, 3.05) is 18.0 Å². The van der Waals surface area contributed by atoms with Crippen molar-refractivity contribution in [1.82, 2.24) is 0 Å². The number of hydrogen-bond donors (Lipinski definition) is 0. The molecule has 0 aliphatic carbocycles. The van der Waals surface area contributed by atoms with Gasteiger partial charge in [-0.25, -0.2) is 0 Å². The van der Waals surface area contributed by atoms with Crippen LogP contribution in [0.5, 0.6) is 0 Å². The van der Waals surface area contributed by atoms with E-state index in [1.54, 1.807) is 12.1 Å². The molecular formula is C17H25BN2O4. The molecule has 24 heavy (non-hydrogen) atoms. The largest absolute Gasteiger partial charge is 0.494 e. The molecule has 1 aromatic rings. The fourth-order valence-electron chi connectivity index (χ4n) is 3.21. The van der Waals surface area contributed by atoms with Crippen LogP contribution in [0.25, 0.3) is 0 Å². The molecule has 0 unspecified atom stereocenters. The Labute approximate surface area is 143 Å². The molecule has 7 heteroatoms. The molecule has 0 saturated carbocycles. The number of nitrogens with zero attached hydrogens (tertiary/aromatic N) is 2. The topological polar surface area (TPSA) is 64.8 Å². The van der Waals surface area contributed by atoms with Crippen LogP contribution in [0.2, 0.25) is 0 Å². The second-order valence-electron chi connectivity index (χ2n) is 7.64. The summed E-state index contributed by atoms with van der Waals surface area (Å²) in [5.41, 5.74) is 0.805. The number of benzene rings is 1. The number of nitro benzene ring substituents is 1. The van der Waals surface area contributed by atoms with Crippen molar-refractivity contribution in [3.8, 4) is 0 Å². The number of anilines is 1. The van der Waals surface area contributed by atoms with E-state index in [0.717, 1.165) is 31.4 Å². The first kappa shape index (κ1) is 17.2. The Hall–Kier alpha value is -1.60. The maximum absolute atomic E-state index is 11.4. The normalized spacial score (nSPS) is 22.7. The molecule has 0 spiro atoms. The van der Waals surface area contributed by atoms with E-state index in [9.17, 15) is 10.1 Å².